The van der Waals surface area contributed by atoms with Gasteiger partial charge in [-0.1, -0.05) is 6.92 Å². The Morgan fingerprint density at radius 3 is 2.25 bits per heavy atom. The van der Waals surface area contributed by atoms with E-state index >= 15 is 0 Å². The average Bonchev–Trinajstić information content (AvgIpc) is 2.37. The molecule has 1 atom stereocenters. The molecule has 0 aliphatic heterocycles. The summed E-state index contributed by atoms with van der Waals surface area (Å²) in [4.78, 5) is 9.15. The highest BCUT2D eigenvalue weighted by Crippen LogP contribution is 2.26. The molecule has 20 heavy (non-hydrogen) atoms. The number of nitrogens with zero attached hydrogens (tertiary/aromatic N) is 2. The Bertz CT molecular complexity index is 615. The minimum atomic E-state index is -0.243. The Balaban J connectivity index is 2.55. The van der Waals surface area contributed by atoms with Crippen molar-refractivity contribution < 1.29 is 4.39 Å². The molecule has 0 spiro atoms. The summed E-state index contributed by atoms with van der Waals surface area (Å²) in [6.07, 6.45) is 0. The van der Waals surface area contributed by atoms with Gasteiger partial charge in [-0.05, 0) is 62.6 Å². The summed E-state index contributed by atoms with van der Waals surface area (Å²) in [5.41, 5.74) is 10.4. The van der Waals surface area contributed by atoms with Gasteiger partial charge >= 0.3 is 0 Å². The zero-order valence-corrected chi connectivity index (χ0v) is 12.4. The number of aryl methyl sites for hydroxylation is 3. The van der Waals surface area contributed by atoms with Gasteiger partial charge in [0.1, 0.15) is 5.82 Å². The van der Waals surface area contributed by atoms with E-state index in [1.54, 1.807) is 6.07 Å². The van der Waals surface area contributed by atoms with E-state index in [0.29, 0.717) is 12.4 Å². The molecule has 1 aromatic heterocycles. The highest BCUT2D eigenvalue weighted by atomic mass is 19.1. The first-order chi connectivity index (χ1) is 9.43. The Labute approximate surface area is 119 Å². The number of nitrogens with two attached hydrogens (primary N) is 1. The molecular formula is C16H20FN3. The normalized spacial score (nSPS) is 12.5. The fraction of sp³-hybridized carbons (Fsp3) is 0.375. The van der Waals surface area contributed by atoms with Crippen molar-refractivity contribution in [1.29, 1.82) is 0 Å². The standard InChI is InChI=1S/C16H20FN3/c1-9-7-13(17)5-6-14(9)16-19-11(3)15(10(2)8-18)12(4)20-16/h5-7,10H,8,18H2,1-4H3. The Morgan fingerprint density at radius 2 is 1.75 bits per heavy atom. The lowest BCUT2D eigenvalue weighted by Crippen LogP contribution is -2.14. The van der Waals surface area contributed by atoms with Gasteiger partial charge in [-0.3, -0.25) is 0 Å². The van der Waals surface area contributed by atoms with Gasteiger partial charge in [0.15, 0.2) is 5.82 Å². The van der Waals surface area contributed by atoms with Crippen LogP contribution in [0.4, 0.5) is 4.39 Å². The van der Waals surface area contributed by atoms with Crippen molar-refractivity contribution in [2.45, 2.75) is 33.6 Å². The van der Waals surface area contributed by atoms with Crippen molar-refractivity contribution in [2.24, 2.45) is 5.73 Å². The molecule has 0 bridgehead atoms. The van der Waals surface area contributed by atoms with Crippen LogP contribution in [0.1, 0.15) is 35.4 Å². The van der Waals surface area contributed by atoms with Gasteiger partial charge in [0.2, 0.25) is 0 Å². The lowest BCUT2D eigenvalue weighted by Gasteiger charge is -2.16. The smallest absolute Gasteiger partial charge is 0.159 e. The molecule has 1 aromatic carbocycles. The fourth-order valence-corrected chi connectivity index (χ4v) is 2.55. The molecule has 2 N–H and O–H groups in total. The van der Waals surface area contributed by atoms with Crippen molar-refractivity contribution in [2.75, 3.05) is 6.54 Å². The minimum Gasteiger partial charge on any atom is -0.330 e. The monoisotopic (exact) mass is 273 g/mol. The number of halogens is 1. The summed E-state index contributed by atoms with van der Waals surface area (Å²) in [7, 11) is 0. The van der Waals surface area contributed by atoms with Crippen LogP contribution in [0.2, 0.25) is 0 Å². The third-order valence-corrected chi connectivity index (χ3v) is 3.60. The van der Waals surface area contributed by atoms with E-state index in [2.05, 4.69) is 16.9 Å². The van der Waals surface area contributed by atoms with Gasteiger partial charge in [-0.2, -0.15) is 0 Å². The van der Waals surface area contributed by atoms with Gasteiger partial charge in [-0.25, -0.2) is 14.4 Å². The molecule has 4 heteroatoms. The number of hydrogen-bond donors (Lipinski definition) is 1. The van der Waals surface area contributed by atoms with Crippen LogP contribution in [-0.2, 0) is 0 Å². The van der Waals surface area contributed by atoms with Crippen LogP contribution >= 0.6 is 0 Å². The third-order valence-electron chi connectivity index (χ3n) is 3.60. The van der Waals surface area contributed by atoms with Crippen LogP contribution in [0, 0.1) is 26.6 Å². The molecule has 0 aliphatic rings. The van der Waals surface area contributed by atoms with Crippen LogP contribution < -0.4 is 5.73 Å². The molecule has 0 fully saturated rings. The largest absolute Gasteiger partial charge is 0.330 e. The maximum atomic E-state index is 13.2. The Morgan fingerprint density at radius 1 is 1.15 bits per heavy atom. The van der Waals surface area contributed by atoms with Crippen molar-refractivity contribution in [3.05, 3.63) is 46.5 Å². The lowest BCUT2D eigenvalue weighted by atomic mass is 9.97. The van der Waals surface area contributed by atoms with E-state index in [9.17, 15) is 4.39 Å². The van der Waals surface area contributed by atoms with Crippen LogP contribution in [0.15, 0.2) is 18.2 Å². The maximum absolute atomic E-state index is 13.2. The molecule has 1 unspecified atom stereocenters. The maximum Gasteiger partial charge on any atom is 0.159 e. The zero-order valence-electron chi connectivity index (χ0n) is 12.4. The molecule has 0 aliphatic carbocycles. The highest BCUT2D eigenvalue weighted by molar-refractivity contribution is 5.60. The Kier molecular flexibility index (Phi) is 4.14. The molecule has 0 amide bonds. The Hall–Kier alpha value is -1.81. The first kappa shape index (κ1) is 14.6. The first-order valence-electron chi connectivity index (χ1n) is 6.75. The van der Waals surface area contributed by atoms with Gasteiger partial charge < -0.3 is 5.73 Å². The quantitative estimate of drug-likeness (QED) is 0.933. The van der Waals surface area contributed by atoms with E-state index < -0.39 is 0 Å². The SMILES string of the molecule is Cc1cc(F)ccc1-c1nc(C)c(C(C)CN)c(C)n1. The topological polar surface area (TPSA) is 51.8 Å². The second-order valence-corrected chi connectivity index (χ2v) is 5.23. The number of rotatable bonds is 3. The first-order valence-corrected chi connectivity index (χ1v) is 6.75. The number of hydrogen-bond acceptors (Lipinski definition) is 3. The number of aromatic nitrogens is 2. The molecule has 2 rings (SSSR count). The summed E-state index contributed by atoms with van der Waals surface area (Å²) in [6.45, 7) is 8.45. The third kappa shape index (κ3) is 2.70. The molecule has 1 heterocycles. The molecule has 0 saturated heterocycles. The molecule has 0 radical (unpaired) electrons. The van der Waals surface area contributed by atoms with Crippen molar-refractivity contribution in [3.63, 3.8) is 0 Å². The van der Waals surface area contributed by atoms with Crippen molar-refractivity contribution >= 4 is 0 Å². The van der Waals surface area contributed by atoms with Crippen LogP contribution in [0.25, 0.3) is 11.4 Å². The zero-order chi connectivity index (χ0) is 14.9. The summed E-state index contributed by atoms with van der Waals surface area (Å²) < 4.78 is 13.2. The lowest BCUT2D eigenvalue weighted by molar-refractivity contribution is 0.627. The predicted octanol–water partition coefficient (Wildman–Crippen LogP) is 3.27. The van der Waals surface area contributed by atoms with E-state index in [0.717, 1.165) is 28.1 Å². The van der Waals surface area contributed by atoms with Gasteiger partial charge in [0.25, 0.3) is 0 Å². The van der Waals surface area contributed by atoms with E-state index in [1.807, 2.05) is 20.8 Å². The van der Waals surface area contributed by atoms with Crippen LogP contribution in [-0.4, -0.2) is 16.5 Å². The van der Waals surface area contributed by atoms with E-state index in [4.69, 9.17) is 5.73 Å². The van der Waals surface area contributed by atoms with Crippen LogP contribution in [0.5, 0.6) is 0 Å². The van der Waals surface area contributed by atoms with Gasteiger partial charge in [0.05, 0.1) is 0 Å². The number of benzene rings is 1. The van der Waals surface area contributed by atoms with Gasteiger partial charge in [-0.15, -0.1) is 0 Å². The van der Waals surface area contributed by atoms with E-state index in [1.165, 1.54) is 12.1 Å². The summed E-state index contributed by atoms with van der Waals surface area (Å²) in [5.74, 6) is 0.636. The average molecular weight is 273 g/mol. The molecule has 0 saturated carbocycles. The molecule has 3 nitrogen and oxygen atoms in total. The molecular weight excluding hydrogens is 253 g/mol. The highest BCUT2D eigenvalue weighted by Gasteiger charge is 2.15. The van der Waals surface area contributed by atoms with Crippen LogP contribution in [0.3, 0.4) is 0 Å². The fourth-order valence-electron chi connectivity index (χ4n) is 2.55. The predicted molar refractivity (Wildman–Crippen MR) is 79.1 cm³/mol. The second kappa shape index (κ2) is 5.67. The minimum absolute atomic E-state index is 0.235. The summed E-state index contributed by atoms with van der Waals surface area (Å²) in [5, 5.41) is 0. The van der Waals surface area contributed by atoms with Gasteiger partial charge in [0, 0.05) is 17.0 Å². The second-order valence-electron chi connectivity index (χ2n) is 5.23. The molecule has 106 valence electrons. The van der Waals surface area contributed by atoms with E-state index in [-0.39, 0.29) is 11.7 Å². The summed E-state index contributed by atoms with van der Waals surface area (Å²) in [6, 6.07) is 4.66. The summed E-state index contributed by atoms with van der Waals surface area (Å²) >= 11 is 0. The molecule has 2 aromatic rings. The van der Waals surface area contributed by atoms with Crippen molar-refractivity contribution in [1.82, 2.24) is 9.97 Å². The van der Waals surface area contributed by atoms with Crippen molar-refractivity contribution in [3.8, 4) is 11.4 Å².